The number of methoxy groups -OCH3 is 1. The standard InChI is InChI=1S/C19H20ClN3O2/c1-24-15-6-7-16-17(10-15)21-22-18(16)11-23-8-9-25-19(12-23)13-2-4-14(20)5-3-13/h2-7,10,19H,8-9,11-12H2,1H3,(H,21,22). The topological polar surface area (TPSA) is 50.4 Å². The Labute approximate surface area is 151 Å². The average Bonchev–Trinajstić information content (AvgIpc) is 3.04. The number of aromatic nitrogens is 2. The number of hydrogen-bond donors (Lipinski definition) is 1. The fraction of sp³-hybridized carbons (Fsp3) is 0.316. The Hall–Kier alpha value is -2.08. The van der Waals surface area contributed by atoms with Gasteiger partial charge in [0.25, 0.3) is 0 Å². The number of nitrogens with zero attached hydrogens (tertiary/aromatic N) is 2. The van der Waals surface area contributed by atoms with Gasteiger partial charge in [0.2, 0.25) is 0 Å². The largest absolute Gasteiger partial charge is 0.497 e. The number of morpholine rings is 1. The van der Waals surface area contributed by atoms with E-state index in [0.29, 0.717) is 6.61 Å². The average molecular weight is 358 g/mol. The first-order valence-corrected chi connectivity index (χ1v) is 8.71. The Morgan fingerprint density at radius 3 is 2.92 bits per heavy atom. The second kappa shape index (κ2) is 7.04. The van der Waals surface area contributed by atoms with E-state index in [-0.39, 0.29) is 6.10 Å². The van der Waals surface area contributed by atoms with Crippen LogP contribution in [-0.4, -0.2) is 41.9 Å². The fourth-order valence-corrected chi connectivity index (χ4v) is 3.37. The van der Waals surface area contributed by atoms with E-state index < -0.39 is 0 Å². The molecule has 1 atom stereocenters. The minimum absolute atomic E-state index is 0.0697. The highest BCUT2D eigenvalue weighted by Gasteiger charge is 2.23. The van der Waals surface area contributed by atoms with Gasteiger partial charge in [0, 0.05) is 36.1 Å². The summed E-state index contributed by atoms with van der Waals surface area (Å²) in [6.45, 7) is 3.28. The lowest BCUT2D eigenvalue weighted by molar-refractivity contribution is -0.0331. The van der Waals surface area contributed by atoms with Gasteiger partial charge in [-0.25, -0.2) is 0 Å². The van der Waals surface area contributed by atoms with Gasteiger partial charge in [0.1, 0.15) is 5.75 Å². The number of hydrogen-bond acceptors (Lipinski definition) is 4. The van der Waals surface area contributed by atoms with Gasteiger partial charge in [-0.05, 0) is 29.8 Å². The van der Waals surface area contributed by atoms with E-state index in [1.165, 1.54) is 0 Å². The van der Waals surface area contributed by atoms with Gasteiger partial charge in [-0.1, -0.05) is 23.7 Å². The molecule has 0 radical (unpaired) electrons. The van der Waals surface area contributed by atoms with Crippen LogP contribution in [0.1, 0.15) is 17.4 Å². The molecule has 1 aliphatic heterocycles. The molecule has 1 saturated heterocycles. The molecule has 0 spiro atoms. The van der Waals surface area contributed by atoms with Crippen molar-refractivity contribution in [1.29, 1.82) is 0 Å². The SMILES string of the molecule is COc1ccc2c(CN3CCOC(c4ccc(Cl)cc4)C3)[nH]nc2c1. The quantitative estimate of drug-likeness (QED) is 0.771. The number of rotatable bonds is 4. The normalized spacial score (nSPS) is 18.6. The Kier molecular flexibility index (Phi) is 4.61. The summed E-state index contributed by atoms with van der Waals surface area (Å²) in [5, 5.41) is 9.45. The highest BCUT2D eigenvalue weighted by atomic mass is 35.5. The van der Waals surface area contributed by atoms with E-state index in [1.807, 2.05) is 36.4 Å². The summed E-state index contributed by atoms with van der Waals surface area (Å²) in [7, 11) is 1.67. The van der Waals surface area contributed by atoms with Crippen molar-refractivity contribution in [3.05, 3.63) is 58.7 Å². The first-order valence-electron chi connectivity index (χ1n) is 8.33. The summed E-state index contributed by atoms with van der Waals surface area (Å²) in [5.41, 5.74) is 3.21. The predicted molar refractivity (Wildman–Crippen MR) is 98.1 cm³/mol. The molecule has 1 aliphatic rings. The molecular formula is C19H20ClN3O2. The summed E-state index contributed by atoms with van der Waals surface area (Å²) in [6.07, 6.45) is 0.0697. The lowest BCUT2D eigenvalue weighted by Gasteiger charge is -2.32. The molecule has 1 fully saturated rings. The molecule has 1 N–H and O–H groups in total. The van der Waals surface area contributed by atoms with E-state index in [0.717, 1.165) is 52.6 Å². The molecule has 4 rings (SSSR count). The molecule has 3 aromatic rings. The van der Waals surface area contributed by atoms with Crippen LogP contribution in [0.4, 0.5) is 0 Å². The highest BCUT2D eigenvalue weighted by molar-refractivity contribution is 6.30. The summed E-state index contributed by atoms with van der Waals surface area (Å²) < 4.78 is 11.2. The number of ether oxygens (including phenoxy) is 2. The first-order chi connectivity index (χ1) is 12.2. The summed E-state index contributed by atoms with van der Waals surface area (Å²) in [4.78, 5) is 2.39. The van der Waals surface area contributed by atoms with Crippen molar-refractivity contribution in [2.75, 3.05) is 26.8 Å². The molecule has 2 heterocycles. The number of nitrogens with one attached hydrogen (secondary N) is 1. The van der Waals surface area contributed by atoms with Crippen LogP contribution in [0.2, 0.25) is 5.02 Å². The maximum atomic E-state index is 5.98. The number of fused-ring (bicyclic) bond motifs is 1. The maximum absolute atomic E-state index is 5.98. The molecule has 6 heteroatoms. The van der Waals surface area contributed by atoms with Crippen LogP contribution in [0, 0.1) is 0 Å². The van der Waals surface area contributed by atoms with Crippen LogP contribution in [-0.2, 0) is 11.3 Å². The lowest BCUT2D eigenvalue weighted by atomic mass is 10.1. The molecule has 1 aromatic heterocycles. The van der Waals surface area contributed by atoms with Crippen molar-refractivity contribution < 1.29 is 9.47 Å². The summed E-state index contributed by atoms with van der Waals surface area (Å²) in [5.74, 6) is 0.819. The van der Waals surface area contributed by atoms with E-state index >= 15 is 0 Å². The van der Waals surface area contributed by atoms with Crippen molar-refractivity contribution in [1.82, 2.24) is 15.1 Å². The molecule has 0 amide bonds. The number of aromatic amines is 1. The third-order valence-electron chi connectivity index (χ3n) is 4.62. The fourth-order valence-electron chi connectivity index (χ4n) is 3.24. The lowest BCUT2D eigenvalue weighted by Crippen LogP contribution is -2.37. The molecule has 25 heavy (non-hydrogen) atoms. The van der Waals surface area contributed by atoms with Crippen molar-refractivity contribution in [3.8, 4) is 5.75 Å². The smallest absolute Gasteiger partial charge is 0.121 e. The van der Waals surface area contributed by atoms with Crippen molar-refractivity contribution in [3.63, 3.8) is 0 Å². The van der Waals surface area contributed by atoms with Crippen LogP contribution in [0.3, 0.4) is 0 Å². The minimum atomic E-state index is 0.0697. The van der Waals surface area contributed by atoms with Gasteiger partial charge in [-0.2, -0.15) is 5.10 Å². The highest BCUT2D eigenvalue weighted by Crippen LogP contribution is 2.26. The molecule has 130 valence electrons. The van der Waals surface area contributed by atoms with Gasteiger partial charge in [-0.15, -0.1) is 0 Å². The van der Waals surface area contributed by atoms with Crippen LogP contribution in [0.25, 0.3) is 10.9 Å². The van der Waals surface area contributed by atoms with E-state index in [2.05, 4.69) is 21.2 Å². The number of H-pyrrole nitrogens is 1. The molecule has 5 nitrogen and oxygen atoms in total. The zero-order chi connectivity index (χ0) is 17.2. The number of halogens is 1. The van der Waals surface area contributed by atoms with Crippen LogP contribution >= 0.6 is 11.6 Å². The van der Waals surface area contributed by atoms with Gasteiger partial charge >= 0.3 is 0 Å². The van der Waals surface area contributed by atoms with Gasteiger partial charge in [0.05, 0.1) is 31.0 Å². The molecule has 0 saturated carbocycles. The molecule has 0 aliphatic carbocycles. The Balaban J connectivity index is 1.50. The zero-order valence-electron chi connectivity index (χ0n) is 14.0. The molecule has 1 unspecified atom stereocenters. The second-order valence-electron chi connectivity index (χ2n) is 6.23. The van der Waals surface area contributed by atoms with Gasteiger partial charge < -0.3 is 9.47 Å². The van der Waals surface area contributed by atoms with Crippen molar-refractivity contribution in [2.24, 2.45) is 0 Å². The first kappa shape index (κ1) is 16.4. The third-order valence-corrected chi connectivity index (χ3v) is 4.87. The predicted octanol–water partition coefficient (Wildman–Crippen LogP) is 3.80. The van der Waals surface area contributed by atoms with Crippen LogP contribution < -0.4 is 4.74 Å². The van der Waals surface area contributed by atoms with Gasteiger partial charge in [-0.3, -0.25) is 10.00 Å². The number of benzene rings is 2. The molecule has 2 aromatic carbocycles. The Morgan fingerprint density at radius 1 is 1.28 bits per heavy atom. The van der Waals surface area contributed by atoms with E-state index in [1.54, 1.807) is 7.11 Å². The van der Waals surface area contributed by atoms with E-state index in [4.69, 9.17) is 21.1 Å². The third kappa shape index (κ3) is 3.49. The summed E-state index contributed by atoms with van der Waals surface area (Å²) in [6, 6.07) is 13.9. The Bertz CT molecular complexity index is 863. The molecule has 0 bridgehead atoms. The monoisotopic (exact) mass is 357 g/mol. The zero-order valence-corrected chi connectivity index (χ0v) is 14.8. The van der Waals surface area contributed by atoms with Crippen molar-refractivity contribution >= 4 is 22.5 Å². The Morgan fingerprint density at radius 2 is 2.12 bits per heavy atom. The van der Waals surface area contributed by atoms with Gasteiger partial charge in [0.15, 0.2) is 0 Å². The van der Waals surface area contributed by atoms with Crippen LogP contribution in [0.15, 0.2) is 42.5 Å². The van der Waals surface area contributed by atoms with E-state index in [9.17, 15) is 0 Å². The molecular weight excluding hydrogens is 338 g/mol. The maximum Gasteiger partial charge on any atom is 0.121 e. The van der Waals surface area contributed by atoms with Crippen molar-refractivity contribution in [2.45, 2.75) is 12.6 Å². The minimum Gasteiger partial charge on any atom is -0.497 e. The second-order valence-corrected chi connectivity index (χ2v) is 6.67. The van der Waals surface area contributed by atoms with Crippen LogP contribution in [0.5, 0.6) is 5.75 Å². The summed E-state index contributed by atoms with van der Waals surface area (Å²) >= 11 is 5.98.